The number of hydrogen-bond donors (Lipinski definition) is 1. The number of hydrogen-bond acceptors (Lipinski definition) is 4. The lowest BCUT2D eigenvalue weighted by molar-refractivity contribution is 0.338. The van der Waals surface area contributed by atoms with E-state index in [9.17, 15) is 8.42 Å². The van der Waals surface area contributed by atoms with Gasteiger partial charge in [0.2, 0.25) is 0 Å². The van der Waals surface area contributed by atoms with Crippen molar-refractivity contribution < 1.29 is 13.2 Å². The standard InChI is InChI=1S/C14H22BrNO3S/c1-4-8-16-13(10-20(3,17)18)11-6-7-14(19-5-2)12(15)9-11/h6-7,9,13,16H,4-5,8,10H2,1-3H3. The highest BCUT2D eigenvalue weighted by molar-refractivity contribution is 9.10. The molecule has 20 heavy (non-hydrogen) atoms. The van der Waals surface area contributed by atoms with Crippen LogP contribution in [0.15, 0.2) is 22.7 Å². The lowest BCUT2D eigenvalue weighted by Crippen LogP contribution is -2.28. The first-order valence-corrected chi connectivity index (χ1v) is 9.56. The van der Waals surface area contributed by atoms with Crippen LogP contribution in [0.2, 0.25) is 0 Å². The van der Waals surface area contributed by atoms with Gasteiger partial charge in [0.25, 0.3) is 0 Å². The Morgan fingerprint density at radius 2 is 2.05 bits per heavy atom. The van der Waals surface area contributed by atoms with Gasteiger partial charge in [0.05, 0.1) is 16.8 Å². The normalized spacial score (nSPS) is 13.2. The fraction of sp³-hybridized carbons (Fsp3) is 0.571. The molecule has 0 amide bonds. The Morgan fingerprint density at radius 1 is 1.35 bits per heavy atom. The molecule has 0 aliphatic rings. The highest BCUT2D eigenvalue weighted by Crippen LogP contribution is 2.29. The number of ether oxygens (including phenoxy) is 1. The summed E-state index contributed by atoms with van der Waals surface area (Å²) < 4.78 is 29.4. The summed E-state index contributed by atoms with van der Waals surface area (Å²) in [4.78, 5) is 0. The Balaban J connectivity index is 2.98. The number of halogens is 1. The van der Waals surface area contributed by atoms with Gasteiger partial charge in [-0.1, -0.05) is 13.0 Å². The van der Waals surface area contributed by atoms with Crippen molar-refractivity contribution in [1.82, 2.24) is 5.32 Å². The van der Waals surface area contributed by atoms with Gasteiger partial charge in [-0.2, -0.15) is 0 Å². The third-order valence-corrected chi connectivity index (χ3v) is 4.33. The summed E-state index contributed by atoms with van der Waals surface area (Å²) in [5, 5.41) is 3.28. The van der Waals surface area contributed by atoms with Crippen LogP contribution in [-0.2, 0) is 9.84 Å². The van der Waals surface area contributed by atoms with E-state index in [4.69, 9.17) is 4.74 Å². The second kappa shape index (κ2) is 8.00. The molecule has 0 radical (unpaired) electrons. The van der Waals surface area contributed by atoms with Crippen molar-refractivity contribution in [2.75, 3.05) is 25.2 Å². The smallest absolute Gasteiger partial charge is 0.149 e. The van der Waals surface area contributed by atoms with Crippen LogP contribution in [0.1, 0.15) is 31.9 Å². The lowest BCUT2D eigenvalue weighted by Gasteiger charge is -2.19. The Morgan fingerprint density at radius 3 is 2.55 bits per heavy atom. The van der Waals surface area contributed by atoms with Gasteiger partial charge < -0.3 is 10.1 Å². The van der Waals surface area contributed by atoms with Gasteiger partial charge in [-0.15, -0.1) is 0 Å². The predicted molar refractivity (Wildman–Crippen MR) is 86.1 cm³/mol. The molecule has 0 bridgehead atoms. The molecule has 0 saturated heterocycles. The minimum absolute atomic E-state index is 0.0907. The SMILES string of the molecule is CCCNC(CS(C)(=O)=O)c1ccc(OCC)c(Br)c1. The fourth-order valence-corrected chi connectivity index (χ4v) is 3.33. The second-order valence-corrected chi connectivity index (χ2v) is 7.76. The van der Waals surface area contributed by atoms with E-state index in [1.807, 2.05) is 25.1 Å². The summed E-state index contributed by atoms with van der Waals surface area (Å²) in [6, 6.07) is 5.50. The third kappa shape index (κ3) is 5.81. The molecule has 0 fully saturated rings. The zero-order valence-corrected chi connectivity index (χ0v) is 14.6. The van der Waals surface area contributed by atoms with E-state index in [-0.39, 0.29) is 11.8 Å². The summed E-state index contributed by atoms with van der Waals surface area (Å²) in [6.45, 7) is 5.36. The van der Waals surface area contributed by atoms with E-state index in [2.05, 4.69) is 28.2 Å². The van der Waals surface area contributed by atoms with Gasteiger partial charge in [-0.05, 0) is 53.5 Å². The van der Waals surface area contributed by atoms with Gasteiger partial charge in [0.15, 0.2) is 0 Å². The molecular weight excluding hydrogens is 342 g/mol. The van der Waals surface area contributed by atoms with Gasteiger partial charge in [-0.25, -0.2) is 8.42 Å². The largest absolute Gasteiger partial charge is 0.493 e. The van der Waals surface area contributed by atoms with Crippen LogP contribution in [0.5, 0.6) is 5.75 Å². The topological polar surface area (TPSA) is 55.4 Å². The summed E-state index contributed by atoms with van der Waals surface area (Å²) >= 11 is 3.46. The molecule has 0 heterocycles. The predicted octanol–water partition coefficient (Wildman–Crippen LogP) is 2.93. The molecular formula is C14H22BrNO3S. The van der Waals surface area contributed by atoms with Crippen LogP contribution in [0, 0.1) is 0 Å². The highest BCUT2D eigenvalue weighted by atomic mass is 79.9. The van der Waals surface area contributed by atoms with Crippen LogP contribution in [0.4, 0.5) is 0 Å². The van der Waals surface area contributed by atoms with Gasteiger partial charge >= 0.3 is 0 Å². The Kier molecular flexibility index (Phi) is 6.99. The number of nitrogens with one attached hydrogen (secondary N) is 1. The molecule has 4 nitrogen and oxygen atoms in total. The molecule has 1 aromatic carbocycles. The van der Waals surface area contributed by atoms with Gasteiger partial charge in [0, 0.05) is 12.3 Å². The van der Waals surface area contributed by atoms with E-state index in [1.165, 1.54) is 6.26 Å². The van der Waals surface area contributed by atoms with Crippen molar-refractivity contribution in [3.63, 3.8) is 0 Å². The molecule has 1 atom stereocenters. The molecule has 0 aliphatic heterocycles. The Hall–Kier alpha value is -0.590. The van der Waals surface area contributed by atoms with Crippen LogP contribution in [0.25, 0.3) is 0 Å². The third-order valence-electron chi connectivity index (χ3n) is 2.77. The maximum absolute atomic E-state index is 11.6. The highest BCUT2D eigenvalue weighted by Gasteiger charge is 2.18. The van der Waals surface area contributed by atoms with E-state index in [0.29, 0.717) is 6.61 Å². The van der Waals surface area contributed by atoms with Crippen molar-refractivity contribution in [2.24, 2.45) is 0 Å². The minimum atomic E-state index is -3.04. The monoisotopic (exact) mass is 363 g/mol. The zero-order chi connectivity index (χ0) is 15.2. The first-order chi connectivity index (χ1) is 9.37. The van der Waals surface area contributed by atoms with Crippen molar-refractivity contribution in [2.45, 2.75) is 26.3 Å². The van der Waals surface area contributed by atoms with E-state index >= 15 is 0 Å². The van der Waals surface area contributed by atoms with Crippen molar-refractivity contribution in [1.29, 1.82) is 0 Å². The van der Waals surface area contributed by atoms with Crippen LogP contribution >= 0.6 is 15.9 Å². The zero-order valence-electron chi connectivity index (χ0n) is 12.1. The summed E-state index contributed by atoms with van der Waals surface area (Å²) in [6.07, 6.45) is 2.22. The van der Waals surface area contributed by atoms with Crippen molar-refractivity contribution >= 4 is 25.8 Å². The van der Waals surface area contributed by atoms with Crippen molar-refractivity contribution in [3.05, 3.63) is 28.2 Å². The molecule has 0 saturated carbocycles. The molecule has 6 heteroatoms. The lowest BCUT2D eigenvalue weighted by atomic mass is 10.1. The number of benzene rings is 1. The molecule has 0 aromatic heterocycles. The molecule has 114 valence electrons. The van der Waals surface area contributed by atoms with E-state index < -0.39 is 9.84 Å². The second-order valence-electron chi connectivity index (χ2n) is 4.72. The summed E-state index contributed by atoms with van der Waals surface area (Å²) in [5.41, 5.74) is 0.944. The summed E-state index contributed by atoms with van der Waals surface area (Å²) in [7, 11) is -3.04. The van der Waals surface area contributed by atoms with Crippen molar-refractivity contribution in [3.8, 4) is 5.75 Å². The maximum Gasteiger partial charge on any atom is 0.149 e. The van der Waals surface area contributed by atoms with Crippen LogP contribution in [-0.4, -0.2) is 33.6 Å². The van der Waals surface area contributed by atoms with Crippen LogP contribution < -0.4 is 10.1 Å². The van der Waals surface area contributed by atoms with Gasteiger partial charge in [-0.3, -0.25) is 0 Å². The molecule has 1 rings (SSSR count). The number of sulfone groups is 1. The molecule has 1 unspecified atom stereocenters. The average molecular weight is 364 g/mol. The molecule has 1 N–H and O–H groups in total. The maximum atomic E-state index is 11.6. The first kappa shape index (κ1) is 17.5. The summed E-state index contributed by atoms with van der Waals surface area (Å²) in [5.74, 6) is 0.859. The number of rotatable bonds is 8. The molecule has 1 aromatic rings. The first-order valence-electron chi connectivity index (χ1n) is 6.70. The van der Waals surface area contributed by atoms with E-state index in [0.717, 1.165) is 28.8 Å². The Labute approximate surface area is 130 Å². The minimum Gasteiger partial charge on any atom is -0.493 e. The molecule has 0 spiro atoms. The average Bonchev–Trinajstić information content (AvgIpc) is 2.36. The quantitative estimate of drug-likeness (QED) is 0.771. The fourth-order valence-electron chi connectivity index (χ4n) is 1.90. The molecule has 0 aliphatic carbocycles. The van der Waals surface area contributed by atoms with E-state index in [1.54, 1.807) is 0 Å². The van der Waals surface area contributed by atoms with Gasteiger partial charge in [0.1, 0.15) is 15.6 Å². The Bertz CT molecular complexity index is 531. The van der Waals surface area contributed by atoms with Crippen LogP contribution in [0.3, 0.4) is 0 Å².